The number of rotatable bonds is 13. The van der Waals surface area contributed by atoms with Gasteiger partial charge in [0.15, 0.2) is 0 Å². The van der Waals surface area contributed by atoms with E-state index in [0.29, 0.717) is 0 Å². The fraction of sp³-hybridized carbons (Fsp3) is 0.778. The SMILES string of the molecule is [CH2]C=CCCCCCCCCC(CC)CCC[CH2]. The molecule has 0 spiro atoms. The summed E-state index contributed by atoms with van der Waals surface area (Å²) in [5.74, 6) is 0.967. The predicted octanol–water partition coefficient (Wildman–Crippen LogP) is 6.53. The van der Waals surface area contributed by atoms with E-state index in [4.69, 9.17) is 0 Å². The molecule has 18 heavy (non-hydrogen) atoms. The normalized spacial score (nSPS) is 13.3. The molecule has 0 aliphatic carbocycles. The highest BCUT2D eigenvalue weighted by molar-refractivity contribution is 4.83. The van der Waals surface area contributed by atoms with Crippen LogP contribution in [-0.4, -0.2) is 0 Å². The molecule has 0 aromatic rings. The van der Waals surface area contributed by atoms with Crippen molar-refractivity contribution in [2.45, 2.75) is 84.0 Å². The highest BCUT2D eigenvalue weighted by atomic mass is 14.1. The first-order chi connectivity index (χ1) is 8.85. The highest BCUT2D eigenvalue weighted by Crippen LogP contribution is 2.20. The standard InChI is InChI=1S/C18H34/c1-4-7-9-10-11-12-13-14-15-17-18(6-3)16-8-5-2/h4,7,18H,1-2,5-6,8-17H2,3H3. The minimum absolute atomic E-state index is 0.967. The molecule has 1 atom stereocenters. The summed E-state index contributed by atoms with van der Waals surface area (Å²) in [6, 6.07) is 0. The lowest BCUT2D eigenvalue weighted by molar-refractivity contribution is 0.402. The Hall–Kier alpha value is -0.260. The molecule has 0 bridgehead atoms. The van der Waals surface area contributed by atoms with Crippen LogP contribution in [0.1, 0.15) is 84.0 Å². The van der Waals surface area contributed by atoms with Crippen molar-refractivity contribution < 1.29 is 0 Å². The van der Waals surface area contributed by atoms with Crippen molar-refractivity contribution in [2.75, 3.05) is 0 Å². The van der Waals surface area contributed by atoms with Crippen molar-refractivity contribution in [3.8, 4) is 0 Å². The maximum Gasteiger partial charge on any atom is -0.0316 e. The molecular weight excluding hydrogens is 216 g/mol. The van der Waals surface area contributed by atoms with Gasteiger partial charge in [0.05, 0.1) is 0 Å². The molecule has 0 heteroatoms. The van der Waals surface area contributed by atoms with Gasteiger partial charge in [0.2, 0.25) is 0 Å². The maximum absolute atomic E-state index is 3.93. The zero-order chi connectivity index (χ0) is 13.5. The van der Waals surface area contributed by atoms with Crippen LogP contribution in [0.25, 0.3) is 0 Å². The van der Waals surface area contributed by atoms with E-state index in [1.807, 2.05) is 6.08 Å². The Morgan fingerprint density at radius 2 is 1.50 bits per heavy atom. The molecule has 0 saturated carbocycles. The van der Waals surface area contributed by atoms with Crippen LogP contribution in [-0.2, 0) is 0 Å². The molecule has 0 aromatic heterocycles. The van der Waals surface area contributed by atoms with Gasteiger partial charge in [0.25, 0.3) is 0 Å². The van der Waals surface area contributed by atoms with Gasteiger partial charge in [0.1, 0.15) is 0 Å². The Labute approximate surface area is 116 Å². The summed E-state index contributed by atoms with van der Waals surface area (Å²) in [5.41, 5.74) is 0. The predicted molar refractivity (Wildman–Crippen MR) is 84.4 cm³/mol. The van der Waals surface area contributed by atoms with Gasteiger partial charge in [-0.15, -0.1) is 0 Å². The molecule has 0 aromatic carbocycles. The largest absolute Gasteiger partial charge is 0.0885 e. The molecule has 0 saturated heterocycles. The third-order valence-corrected chi connectivity index (χ3v) is 3.84. The summed E-state index contributed by atoms with van der Waals surface area (Å²) in [6.45, 7) is 9.98. The molecule has 0 fully saturated rings. The summed E-state index contributed by atoms with van der Waals surface area (Å²) < 4.78 is 0. The van der Waals surface area contributed by atoms with Gasteiger partial charge in [-0.1, -0.05) is 90.2 Å². The lowest BCUT2D eigenvalue weighted by atomic mass is 9.93. The van der Waals surface area contributed by atoms with E-state index < -0.39 is 0 Å². The molecule has 0 heterocycles. The first kappa shape index (κ1) is 17.7. The Morgan fingerprint density at radius 3 is 2.11 bits per heavy atom. The molecule has 106 valence electrons. The molecule has 1 unspecified atom stereocenters. The minimum atomic E-state index is 0.967. The Balaban J connectivity index is 3.22. The molecule has 0 rings (SSSR count). The smallest absolute Gasteiger partial charge is 0.0316 e. The van der Waals surface area contributed by atoms with Crippen LogP contribution in [0.2, 0.25) is 0 Å². The molecule has 2 radical (unpaired) electrons. The average Bonchev–Trinajstić information content (AvgIpc) is 2.40. The quantitative estimate of drug-likeness (QED) is 0.326. The zero-order valence-electron chi connectivity index (χ0n) is 12.6. The minimum Gasteiger partial charge on any atom is -0.0885 e. The lowest BCUT2D eigenvalue weighted by Crippen LogP contribution is -1.98. The van der Waals surface area contributed by atoms with Gasteiger partial charge in [-0.05, 0) is 25.7 Å². The van der Waals surface area contributed by atoms with Gasteiger partial charge in [-0.25, -0.2) is 0 Å². The van der Waals surface area contributed by atoms with Gasteiger partial charge >= 0.3 is 0 Å². The summed E-state index contributed by atoms with van der Waals surface area (Å²) in [6.07, 6.45) is 20.4. The Kier molecular flexibility index (Phi) is 14.6. The van der Waals surface area contributed by atoms with Gasteiger partial charge in [-0.2, -0.15) is 0 Å². The van der Waals surface area contributed by atoms with Crippen molar-refractivity contribution in [2.24, 2.45) is 5.92 Å². The van der Waals surface area contributed by atoms with Crippen LogP contribution >= 0.6 is 0 Å². The monoisotopic (exact) mass is 250 g/mol. The molecule has 0 aliphatic rings. The van der Waals surface area contributed by atoms with E-state index >= 15 is 0 Å². The second-order valence-electron chi connectivity index (χ2n) is 5.44. The van der Waals surface area contributed by atoms with Crippen LogP contribution in [0.5, 0.6) is 0 Å². The summed E-state index contributed by atoms with van der Waals surface area (Å²) >= 11 is 0. The van der Waals surface area contributed by atoms with Crippen molar-refractivity contribution in [1.82, 2.24) is 0 Å². The fourth-order valence-corrected chi connectivity index (χ4v) is 2.51. The second-order valence-corrected chi connectivity index (χ2v) is 5.44. The lowest BCUT2D eigenvalue weighted by Gasteiger charge is -2.13. The Morgan fingerprint density at radius 1 is 0.889 bits per heavy atom. The highest BCUT2D eigenvalue weighted by Gasteiger charge is 2.04. The van der Waals surface area contributed by atoms with Crippen molar-refractivity contribution >= 4 is 0 Å². The van der Waals surface area contributed by atoms with Gasteiger partial charge in [-0.3, -0.25) is 0 Å². The molecule has 0 amide bonds. The topological polar surface area (TPSA) is 0 Å². The number of unbranched alkanes of at least 4 members (excludes halogenated alkanes) is 7. The van der Waals surface area contributed by atoms with Gasteiger partial charge < -0.3 is 0 Å². The summed E-state index contributed by atoms with van der Waals surface area (Å²) in [4.78, 5) is 0. The fourth-order valence-electron chi connectivity index (χ4n) is 2.51. The van der Waals surface area contributed by atoms with E-state index in [0.717, 1.165) is 12.3 Å². The number of hydrogen-bond acceptors (Lipinski definition) is 0. The first-order valence-corrected chi connectivity index (χ1v) is 8.08. The van der Waals surface area contributed by atoms with Crippen LogP contribution < -0.4 is 0 Å². The van der Waals surface area contributed by atoms with E-state index in [1.165, 1.54) is 70.6 Å². The van der Waals surface area contributed by atoms with Crippen LogP contribution in [0.4, 0.5) is 0 Å². The first-order valence-electron chi connectivity index (χ1n) is 8.08. The van der Waals surface area contributed by atoms with E-state index in [-0.39, 0.29) is 0 Å². The van der Waals surface area contributed by atoms with Crippen molar-refractivity contribution in [3.05, 3.63) is 26.0 Å². The van der Waals surface area contributed by atoms with E-state index in [9.17, 15) is 0 Å². The molecule has 0 N–H and O–H groups in total. The Bertz CT molecular complexity index is 169. The molecule has 0 nitrogen and oxygen atoms in total. The van der Waals surface area contributed by atoms with E-state index in [2.05, 4.69) is 26.8 Å². The van der Waals surface area contributed by atoms with Crippen LogP contribution in [0.3, 0.4) is 0 Å². The van der Waals surface area contributed by atoms with E-state index in [1.54, 1.807) is 0 Å². The molecular formula is C18H34. The number of hydrogen-bond donors (Lipinski definition) is 0. The summed E-state index contributed by atoms with van der Waals surface area (Å²) in [7, 11) is 0. The third-order valence-electron chi connectivity index (χ3n) is 3.84. The van der Waals surface area contributed by atoms with Crippen LogP contribution in [0.15, 0.2) is 12.2 Å². The van der Waals surface area contributed by atoms with Crippen LogP contribution in [0, 0.1) is 19.8 Å². The molecule has 0 aliphatic heterocycles. The van der Waals surface area contributed by atoms with Crippen molar-refractivity contribution in [3.63, 3.8) is 0 Å². The third kappa shape index (κ3) is 12.2. The summed E-state index contributed by atoms with van der Waals surface area (Å²) in [5, 5.41) is 0. The van der Waals surface area contributed by atoms with Gasteiger partial charge in [0, 0.05) is 0 Å². The number of allylic oxidation sites excluding steroid dienone is 2. The van der Waals surface area contributed by atoms with Crippen molar-refractivity contribution in [1.29, 1.82) is 0 Å². The zero-order valence-corrected chi connectivity index (χ0v) is 12.6. The maximum atomic E-state index is 3.93. The second kappa shape index (κ2) is 14.8. The average molecular weight is 250 g/mol.